The molecule has 0 spiro atoms. The maximum absolute atomic E-state index is 12.1. The molecule has 2 aliphatic heterocycles. The van der Waals surface area contributed by atoms with E-state index in [-0.39, 0.29) is 35.8 Å². The van der Waals surface area contributed by atoms with Gasteiger partial charge >= 0.3 is 6.03 Å². The fourth-order valence-corrected chi connectivity index (χ4v) is 3.42. The first-order chi connectivity index (χ1) is 11.5. The summed E-state index contributed by atoms with van der Waals surface area (Å²) in [5.41, 5.74) is 0.251. The summed E-state index contributed by atoms with van der Waals surface area (Å²) in [7, 11) is 1.76. The van der Waals surface area contributed by atoms with Crippen LogP contribution in [0.15, 0.2) is 28.0 Å². The number of amides is 3. The number of furan rings is 1. The second kappa shape index (κ2) is 8.07. The van der Waals surface area contributed by atoms with E-state index in [4.69, 9.17) is 4.42 Å². The minimum absolute atomic E-state index is 0. The van der Waals surface area contributed by atoms with Crippen molar-refractivity contribution in [1.29, 1.82) is 0 Å². The topological polar surface area (TPSA) is 99.0 Å². The minimum Gasteiger partial charge on any atom is -0.472 e. The normalized spacial score (nSPS) is 24.6. The molecule has 3 N–H and O–H groups in total. The second-order valence-electron chi connectivity index (χ2n) is 6.40. The van der Waals surface area contributed by atoms with E-state index in [1.165, 1.54) is 0 Å². The molecule has 1 atom stereocenters. The van der Waals surface area contributed by atoms with Crippen molar-refractivity contribution in [2.45, 2.75) is 31.8 Å². The number of likely N-dealkylation sites (tertiary alicyclic amines) is 1. The van der Waals surface area contributed by atoms with Gasteiger partial charge < -0.3 is 20.0 Å². The molecule has 25 heavy (non-hydrogen) atoms. The summed E-state index contributed by atoms with van der Waals surface area (Å²) >= 11 is 0. The van der Waals surface area contributed by atoms with Crippen LogP contribution in [0.4, 0.5) is 4.79 Å². The summed E-state index contributed by atoms with van der Waals surface area (Å²) < 4.78 is 5.06. The Labute approximate surface area is 163 Å². The molecule has 0 radical (unpaired) electrons. The van der Waals surface area contributed by atoms with E-state index in [1.807, 2.05) is 6.07 Å². The first kappa shape index (κ1) is 19.5. The molecule has 8 nitrogen and oxygen atoms in total. The van der Waals surface area contributed by atoms with Gasteiger partial charge in [0.15, 0.2) is 5.96 Å². The maximum atomic E-state index is 12.1. The second-order valence-corrected chi connectivity index (χ2v) is 6.40. The van der Waals surface area contributed by atoms with Crippen LogP contribution in [0.1, 0.15) is 25.3 Å². The molecule has 9 heteroatoms. The minimum atomic E-state index is -0.809. The number of imide groups is 1. The number of nitrogens with zero attached hydrogens (tertiary/aromatic N) is 2. The number of hydrogen-bond donors (Lipinski definition) is 3. The molecule has 1 aromatic rings. The van der Waals surface area contributed by atoms with Crippen LogP contribution < -0.4 is 16.0 Å². The fraction of sp³-hybridized carbons (Fsp3) is 0.562. The summed E-state index contributed by atoms with van der Waals surface area (Å²) in [6, 6.07) is 1.51. The number of piperidine rings is 1. The zero-order chi connectivity index (χ0) is 17.2. The van der Waals surface area contributed by atoms with E-state index >= 15 is 0 Å². The van der Waals surface area contributed by atoms with Crippen LogP contribution in [0.2, 0.25) is 0 Å². The van der Waals surface area contributed by atoms with E-state index in [0.717, 1.165) is 37.5 Å². The Balaban J connectivity index is 0.00000225. The molecule has 2 fully saturated rings. The number of urea groups is 1. The highest BCUT2D eigenvalue weighted by molar-refractivity contribution is 14.0. The maximum Gasteiger partial charge on any atom is 0.322 e. The van der Waals surface area contributed by atoms with E-state index < -0.39 is 11.6 Å². The lowest BCUT2D eigenvalue weighted by Crippen LogP contribution is -2.55. The third kappa shape index (κ3) is 4.07. The molecule has 1 unspecified atom stereocenters. The van der Waals surface area contributed by atoms with Crippen LogP contribution in [-0.2, 0) is 11.3 Å². The van der Waals surface area contributed by atoms with Crippen LogP contribution in [0.25, 0.3) is 0 Å². The molecule has 0 aromatic carbocycles. The van der Waals surface area contributed by atoms with Crippen molar-refractivity contribution in [3.05, 3.63) is 24.2 Å². The van der Waals surface area contributed by atoms with E-state index in [9.17, 15) is 9.59 Å². The summed E-state index contributed by atoms with van der Waals surface area (Å²) in [5, 5.41) is 8.43. The highest BCUT2D eigenvalue weighted by atomic mass is 127. The zero-order valence-corrected chi connectivity index (χ0v) is 16.7. The van der Waals surface area contributed by atoms with Gasteiger partial charge in [-0.15, -0.1) is 24.0 Å². The summed E-state index contributed by atoms with van der Waals surface area (Å²) in [6.07, 6.45) is 4.98. The Morgan fingerprint density at radius 1 is 1.44 bits per heavy atom. The third-order valence-corrected chi connectivity index (χ3v) is 4.93. The van der Waals surface area contributed by atoms with Gasteiger partial charge in [0.2, 0.25) is 0 Å². The Morgan fingerprint density at radius 3 is 2.68 bits per heavy atom. The predicted octanol–water partition coefficient (Wildman–Crippen LogP) is 1.28. The van der Waals surface area contributed by atoms with Crippen molar-refractivity contribution in [2.24, 2.45) is 10.9 Å². The Kier molecular flexibility index (Phi) is 6.31. The van der Waals surface area contributed by atoms with Crippen LogP contribution in [0, 0.1) is 5.92 Å². The van der Waals surface area contributed by atoms with Gasteiger partial charge in [-0.25, -0.2) is 4.79 Å². The number of guanidine groups is 1. The Hall–Kier alpha value is -1.78. The molecule has 2 aliphatic rings. The molecule has 138 valence electrons. The van der Waals surface area contributed by atoms with Crippen molar-refractivity contribution < 1.29 is 14.0 Å². The van der Waals surface area contributed by atoms with Crippen LogP contribution in [0.3, 0.4) is 0 Å². The Morgan fingerprint density at radius 2 is 2.16 bits per heavy atom. The lowest BCUT2D eigenvalue weighted by Gasteiger charge is -2.39. The number of carbonyl (C=O) groups is 2. The number of rotatable bonds is 3. The van der Waals surface area contributed by atoms with Crippen LogP contribution >= 0.6 is 24.0 Å². The van der Waals surface area contributed by atoms with E-state index in [0.29, 0.717) is 6.54 Å². The van der Waals surface area contributed by atoms with Gasteiger partial charge in [-0.05, 0) is 31.7 Å². The van der Waals surface area contributed by atoms with E-state index in [1.54, 1.807) is 26.5 Å². The van der Waals surface area contributed by atoms with Crippen molar-refractivity contribution in [1.82, 2.24) is 20.9 Å². The number of hydrogen-bond acceptors (Lipinski definition) is 4. The SMILES string of the molecule is CN=C(NCc1ccoc1)N1CCC(C2(C)NC(=O)NC2=O)CC1.I. The highest BCUT2D eigenvalue weighted by Crippen LogP contribution is 2.30. The summed E-state index contributed by atoms with van der Waals surface area (Å²) in [5.74, 6) is 0.723. The first-order valence-electron chi connectivity index (χ1n) is 8.13. The van der Waals surface area contributed by atoms with Crippen molar-refractivity contribution in [3.8, 4) is 0 Å². The van der Waals surface area contributed by atoms with Gasteiger partial charge in [0.1, 0.15) is 5.54 Å². The van der Waals surface area contributed by atoms with E-state index in [2.05, 4.69) is 25.8 Å². The Bertz CT molecular complexity index is 640. The average Bonchev–Trinajstić information content (AvgIpc) is 3.17. The monoisotopic (exact) mass is 461 g/mol. The fourth-order valence-electron chi connectivity index (χ4n) is 3.42. The quantitative estimate of drug-likeness (QED) is 0.273. The largest absolute Gasteiger partial charge is 0.472 e. The number of aliphatic imine (C=N–C) groups is 1. The number of nitrogens with one attached hydrogen (secondary N) is 3. The van der Waals surface area contributed by atoms with Gasteiger partial charge in [-0.1, -0.05) is 0 Å². The van der Waals surface area contributed by atoms with Gasteiger partial charge in [-0.2, -0.15) is 0 Å². The molecule has 2 saturated heterocycles. The molecular weight excluding hydrogens is 437 g/mol. The molecule has 3 rings (SSSR count). The van der Waals surface area contributed by atoms with Crippen molar-refractivity contribution in [3.63, 3.8) is 0 Å². The molecule has 0 bridgehead atoms. The molecule has 0 saturated carbocycles. The first-order valence-corrected chi connectivity index (χ1v) is 8.13. The molecular formula is C16H24IN5O3. The third-order valence-electron chi connectivity index (χ3n) is 4.93. The summed E-state index contributed by atoms with van der Waals surface area (Å²) in [4.78, 5) is 30.0. The lowest BCUT2D eigenvalue weighted by molar-refractivity contribution is -0.125. The van der Waals surface area contributed by atoms with Crippen LogP contribution in [0.5, 0.6) is 0 Å². The molecule has 1 aromatic heterocycles. The summed E-state index contributed by atoms with van der Waals surface area (Å²) in [6.45, 7) is 4.03. The molecule has 0 aliphatic carbocycles. The lowest BCUT2D eigenvalue weighted by atomic mass is 9.79. The average molecular weight is 461 g/mol. The van der Waals surface area contributed by atoms with Crippen LogP contribution in [-0.4, -0.2) is 48.5 Å². The van der Waals surface area contributed by atoms with Gasteiger partial charge in [-0.3, -0.25) is 15.1 Å². The van der Waals surface area contributed by atoms with Gasteiger partial charge in [0.05, 0.1) is 12.5 Å². The van der Waals surface area contributed by atoms with Gasteiger partial charge in [0.25, 0.3) is 5.91 Å². The smallest absolute Gasteiger partial charge is 0.322 e. The van der Waals surface area contributed by atoms with Crippen molar-refractivity contribution in [2.75, 3.05) is 20.1 Å². The highest BCUT2D eigenvalue weighted by Gasteiger charge is 2.48. The molecule has 3 heterocycles. The number of halogens is 1. The number of carbonyl (C=O) groups excluding carboxylic acids is 2. The standard InChI is InChI=1S/C16H23N5O3.HI/c1-16(13(22)19-15(23)20-16)12-3-6-21(7-4-12)14(17-2)18-9-11-5-8-24-10-11;/h5,8,10,12H,3-4,6-7,9H2,1-2H3,(H,17,18)(H2,19,20,22,23);1H. The van der Waals surface area contributed by atoms with Crippen molar-refractivity contribution >= 4 is 41.9 Å². The van der Waals surface area contributed by atoms with Gasteiger partial charge in [0, 0.05) is 32.2 Å². The molecule has 3 amide bonds. The zero-order valence-electron chi connectivity index (χ0n) is 14.4. The predicted molar refractivity (Wildman–Crippen MR) is 104 cm³/mol.